The molecule has 0 aliphatic carbocycles. The van der Waals surface area contributed by atoms with E-state index in [1.807, 2.05) is 19.9 Å². The Balaban J connectivity index is 1.60. The minimum atomic E-state index is -3.55. The number of hydrogen-bond acceptors (Lipinski definition) is 4. The lowest BCUT2D eigenvalue weighted by Crippen LogP contribution is -2.33. The molecule has 8 heteroatoms. The molecule has 0 spiro atoms. The third-order valence-corrected chi connectivity index (χ3v) is 6.89. The smallest absolute Gasteiger partial charge is 0.251 e. The molecule has 3 rings (SSSR count). The number of benzene rings is 2. The highest BCUT2D eigenvalue weighted by atomic mass is 32.2. The lowest BCUT2D eigenvalue weighted by Gasteiger charge is -2.16. The van der Waals surface area contributed by atoms with Gasteiger partial charge in [-0.1, -0.05) is 12.1 Å². The van der Waals surface area contributed by atoms with Crippen LogP contribution >= 0.6 is 0 Å². The lowest BCUT2D eigenvalue weighted by atomic mass is 10.1. The average molecular weight is 416 g/mol. The fraction of sp³-hybridized carbons (Fsp3) is 0.333. The average Bonchev–Trinajstić information content (AvgIpc) is 3.24. The second-order valence-corrected chi connectivity index (χ2v) is 9.11. The van der Waals surface area contributed by atoms with Crippen molar-refractivity contribution in [3.8, 4) is 0 Å². The van der Waals surface area contributed by atoms with Crippen LogP contribution in [-0.2, 0) is 14.8 Å². The summed E-state index contributed by atoms with van der Waals surface area (Å²) in [4.78, 5) is 24.6. The van der Waals surface area contributed by atoms with Gasteiger partial charge in [0.25, 0.3) is 5.91 Å². The molecular weight excluding hydrogens is 390 g/mol. The van der Waals surface area contributed by atoms with Crippen molar-refractivity contribution in [1.29, 1.82) is 0 Å². The number of aryl methyl sites for hydroxylation is 2. The van der Waals surface area contributed by atoms with Crippen LogP contribution in [0.1, 0.15) is 34.3 Å². The molecule has 0 saturated carbocycles. The summed E-state index contributed by atoms with van der Waals surface area (Å²) in [6, 6.07) is 11.5. The van der Waals surface area contributed by atoms with E-state index in [2.05, 4.69) is 10.6 Å². The quantitative estimate of drug-likeness (QED) is 0.758. The van der Waals surface area contributed by atoms with Crippen molar-refractivity contribution < 1.29 is 18.0 Å². The van der Waals surface area contributed by atoms with Crippen molar-refractivity contribution in [3.05, 3.63) is 59.2 Å². The van der Waals surface area contributed by atoms with E-state index in [0.717, 1.165) is 24.0 Å². The summed E-state index contributed by atoms with van der Waals surface area (Å²) in [5.74, 6) is -0.772. The predicted octanol–water partition coefficient (Wildman–Crippen LogP) is 2.46. The number of anilines is 1. The Bertz CT molecular complexity index is 1030. The fourth-order valence-corrected chi connectivity index (χ4v) is 4.73. The first kappa shape index (κ1) is 21.0. The van der Waals surface area contributed by atoms with Crippen LogP contribution < -0.4 is 10.6 Å². The van der Waals surface area contributed by atoms with Crippen LogP contribution in [0.2, 0.25) is 0 Å². The molecule has 1 fully saturated rings. The molecule has 154 valence electrons. The normalized spacial score (nSPS) is 14.6. The van der Waals surface area contributed by atoms with E-state index in [-0.39, 0.29) is 17.3 Å². The van der Waals surface area contributed by atoms with Crippen LogP contribution in [-0.4, -0.2) is 44.2 Å². The van der Waals surface area contributed by atoms with E-state index >= 15 is 0 Å². The van der Waals surface area contributed by atoms with Gasteiger partial charge in [0.1, 0.15) is 0 Å². The van der Waals surface area contributed by atoms with Gasteiger partial charge in [0, 0.05) is 24.3 Å². The van der Waals surface area contributed by atoms with Crippen molar-refractivity contribution in [2.45, 2.75) is 31.6 Å². The second-order valence-electron chi connectivity index (χ2n) is 7.17. The third-order valence-electron chi connectivity index (χ3n) is 5.00. The Kier molecular flexibility index (Phi) is 6.34. The minimum absolute atomic E-state index is 0.149. The largest absolute Gasteiger partial charge is 0.343 e. The highest BCUT2D eigenvalue weighted by Crippen LogP contribution is 2.23. The Hall–Kier alpha value is -2.71. The molecule has 0 radical (unpaired) electrons. The van der Waals surface area contributed by atoms with Crippen LogP contribution in [0.3, 0.4) is 0 Å². The molecule has 2 amide bonds. The van der Waals surface area contributed by atoms with E-state index in [1.54, 1.807) is 24.3 Å². The van der Waals surface area contributed by atoms with Gasteiger partial charge in [0.2, 0.25) is 15.9 Å². The molecule has 0 aromatic heterocycles. The number of sulfonamides is 1. The van der Waals surface area contributed by atoms with E-state index in [4.69, 9.17) is 0 Å². The van der Waals surface area contributed by atoms with Gasteiger partial charge in [-0.05, 0) is 68.1 Å². The summed E-state index contributed by atoms with van der Waals surface area (Å²) >= 11 is 0. The maximum atomic E-state index is 12.7. The Morgan fingerprint density at radius 1 is 1.00 bits per heavy atom. The summed E-state index contributed by atoms with van der Waals surface area (Å²) in [5.41, 5.74) is 2.94. The number of carbonyl (C=O) groups is 2. The topological polar surface area (TPSA) is 95.6 Å². The van der Waals surface area contributed by atoms with Crippen LogP contribution in [0.15, 0.2) is 47.4 Å². The molecule has 1 saturated heterocycles. The van der Waals surface area contributed by atoms with Gasteiger partial charge >= 0.3 is 0 Å². The second kappa shape index (κ2) is 8.75. The fourth-order valence-electron chi connectivity index (χ4n) is 3.16. The van der Waals surface area contributed by atoms with Crippen molar-refractivity contribution in [3.63, 3.8) is 0 Å². The molecule has 0 unspecified atom stereocenters. The molecule has 7 nitrogen and oxygen atoms in total. The van der Waals surface area contributed by atoms with Gasteiger partial charge in [-0.15, -0.1) is 0 Å². The summed E-state index contributed by atoms with van der Waals surface area (Å²) < 4.78 is 26.8. The monoisotopic (exact) mass is 415 g/mol. The Morgan fingerprint density at radius 3 is 2.41 bits per heavy atom. The predicted molar refractivity (Wildman–Crippen MR) is 111 cm³/mol. The maximum absolute atomic E-state index is 12.7. The summed E-state index contributed by atoms with van der Waals surface area (Å²) in [6.07, 6.45) is 1.71. The van der Waals surface area contributed by atoms with Gasteiger partial charge < -0.3 is 10.6 Å². The first-order valence-electron chi connectivity index (χ1n) is 9.53. The molecule has 2 N–H and O–H groups in total. The van der Waals surface area contributed by atoms with Crippen molar-refractivity contribution in [1.82, 2.24) is 9.62 Å². The highest BCUT2D eigenvalue weighted by molar-refractivity contribution is 7.89. The maximum Gasteiger partial charge on any atom is 0.251 e. The molecule has 1 aliphatic rings. The molecule has 0 atom stereocenters. The zero-order valence-electron chi connectivity index (χ0n) is 16.6. The van der Waals surface area contributed by atoms with Crippen LogP contribution in [0, 0.1) is 13.8 Å². The molecular formula is C21H25N3O4S. The van der Waals surface area contributed by atoms with Gasteiger partial charge in [0.15, 0.2) is 0 Å². The van der Waals surface area contributed by atoms with E-state index < -0.39 is 15.9 Å². The number of hydrogen-bond donors (Lipinski definition) is 2. The van der Waals surface area contributed by atoms with Crippen LogP contribution in [0.5, 0.6) is 0 Å². The van der Waals surface area contributed by atoms with Gasteiger partial charge in [-0.25, -0.2) is 8.42 Å². The van der Waals surface area contributed by atoms with Crippen molar-refractivity contribution in [2.75, 3.05) is 25.0 Å². The molecule has 1 aliphatic heterocycles. The molecule has 1 heterocycles. The zero-order chi connectivity index (χ0) is 21.0. The number of amides is 2. The molecule has 2 aromatic rings. The van der Waals surface area contributed by atoms with Gasteiger partial charge in [0.05, 0.1) is 11.4 Å². The van der Waals surface area contributed by atoms with Crippen molar-refractivity contribution in [2.24, 2.45) is 0 Å². The SMILES string of the molecule is Cc1ccc(C(=O)NCC(=O)Nc2cccc(S(=O)(=O)N3CCCC3)c2)cc1C. The highest BCUT2D eigenvalue weighted by Gasteiger charge is 2.27. The Morgan fingerprint density at radius 2 is 1.72 bits per heavy atom. The summed E-state index contributed by atoms with van der Waals surface area (Å²) in [5, 5.41) is 5.21. The molecule has 0 bridgehead atoms. The van der Waals surface area contributed by atoms with Gasteiger partial charge in [-0.2, -0.15) is 4.31 Å². The standard InChI is InChI=1S/C21H25N3O4S/c1-15-8-9-17(12-16(15)2)21(26)22-14-20(25)23-18-6-5-7-19(13-18)29(27,28)24-10-3-4-11-24/h5-9,12-13H,3-4,10-11,14H2,1-2H3,(H,22,26)(H,23,25). The summed E-state index contributed by atoms with van der Waals surface area (Å²) in [7, 11) is -3.55. The number of nitrogens with zero attached hydrogens (tertiary/aromatic N) is 1. The van der Waals surface area contributed by atoms with Gasteiger partial charge in [-0.3, -0.25) is 9.59 Å². The molecule has 29 heavy (non-hydrogen) atoms. The van der Waals surface area contributed by atoms with Crippen LogP contribution in [0.4, 0.5) is 5.69 Å². The minimum Gasteiger partial charge on any atom is -0.343 e. The number of rotatable bonds is 6. The Labute approximate surface area is 171 Å². The lowest BCUT2D eigenvalue weighted by molar-refractivity contribution is -0.115. The van der Waals surface area contributed by atoms with E-state index in [9.17, 15) is 18.0 Å². The van der Waals surface area contributed by atoms with E-state index in [1.165, 1.54) is 16.4 Å². The third kappa shape index (κ3) is 5.02. The molecule has 2 aromatic carbocycles. The summed E-state index contributed by atoms with van der Waals surface area (Å²) in [6.45, 7) is 4.70. The number of nitrogens with one attached hydrogen (secondary N) is 2. The van der Waals surface area contributed by atoms with Crippen LogP contribution in [0.25, 0.3) is 0 Å². The van der Waals surface area contributed by atoms with Crippen molar-refractivity contribution >= 4 is 27.5 Å². The number of carbonyl (C=O) groups excluding carboxylic acids is 2. The van der Waals surface area contributed by atoms with E-state index in [0.29, 0.717) is 24.3 Å². The zero-order valence-corrected chi connectivity index (χ0v) is 17.4. The first-order chi connectivity index (χ1) is 13.8. The first-order valence-corrected chi connectivity index (χ1v) is 11.0.